The van der Waals surface area contributed by atoms with Gasteiger partial charge in [0.15, 0.2) is 5.75 Å². The highest BCUT2D eigenvalue weighted by molar-refractivity contribution is 6.24. The molecular weight excluding hydrogens is 750 g/mol. The third-order valence-corrected chi connectivity index (χ3v) is 11.0. The number of pyridine rings is 1. The zero-order valence-corrected chi connectivity index (χ0v) is 33.9. The van der Waals surface area contributed by atoms with E-state index in [1.54, 1.807) is 52.0 Å². The van der Waals surface area contributed by atoms with Crippen molar-refractivity contribution in [3.05, 3.63) is 77.4 Å². The number of aromatic nitrogens is 1. The number of ether oxygens (including phenoxy) is 4. The molecule has 0 fully saturated rings. The number of hydrogen-bond donors (Lipinski definition) is 6. The number of carbonyl (C=O) groups excluding carboxylic acids is 3. The van der Waals surface area contributed by atoms with Crippen LogP contribution >= 0.6 is 0 Å². The van der Waals surface area contributed by atoms with Crippen LogP contribution < -0.4 is 10.1 Å². The summed E-state index contributed by atoms with van der Waals surface area (Å²) in [6, 6.07) is 3.17. The van der Waals surface area contributed by atoms with Crippen LogP contribution in [0.4, 0.5) is 11.4 Å². The van der Waals surface area contributed by atoms with Crippen LogP contribution in [-0.2, 0) is 23.8 Å². The number of aliphatic hydroxyl groups is 2. The molecule has 9 atom stereocenters. The highest BCUT2D eigenvalue weighted by Crippen LogP contribution is 2.55. The smallest absolute Gasteiger partial charge is 0.312 e. The number of allylic oxidation sites excluding steroid dienone is 2. The number of nitrogens with one attached hydrogen (secondary N) is 1. The third kappa shape index (κ3) is 8.28. The monoisotopic (exact) mass is 801 g/mol. The maximum atomic E-state index is 14.4. The van der Waals surface area contributed by atoms with Gasteiger partial charge in [-0.3, -0.25) is 24.4 Å². The molecule has 3 aliphatic heterocycles. The Kier molecular flexibility index (Phi) is 13.0. The number of Topliss-reactive ketones (excluding diaryl/α,β-unsaturated/α-hetero) is 1. The molecule has 0 saturated carbocycles. The first-order valence-corrected chi connectivity index (χ1v) is 18.9. The zero-order chi connectivity index (χ0) is 42.8. The second-order valence-electron chi connectivity index (χ2n) is 15.1. The molecule has 15 nitrogen and oxygen atoms in total. The van der Waals surface area contributed by atoms with Crippen LogP contribution in [0.2, 0.25) is 0 Å². The molecule has 6 N–H and O–H groups in total. The minimum Gasteiger partial charge on any atom is -0.507 e. The van der Waals surface area contributed by atoms with Crippen molar-refractivity contribution in [1.82, 2.24) is 4.98 Å². The van der Waals surface area contributed by atoms with Crippen LogP contribution in [0.3, 0.4) is 0 Å². The Morgan fingerprint density at radius 2 is 1.62 bits per heavy atom. The molecule has 2 aromatic carbocycles. The van der Waals surface area contributed by atoms with Crippen LogP contribution in [0.25, 0.3) is 10.8 Å². The number of benzene rings is 2. The number of phenolic OH excluding ortho intramolecular Hbond substituents is 3. The van der Waals surface area contributed by atoms with Gasteiger partial charge in [-0.25, -0.2) is 0 Å². The molecule has 1 amide bonds. The first-order chi connectivity index (χ1) is 27.3. The van der Waals surface area contributed by atoms with Crippen molar-refractivity contribution in [3.8, 4) is 23.0 Å². The lowest BCUT2D eigenvalue weighted by Gasteiger charge is -2.38. The predicted molar refractivity (Wildman–Crippen MR) is 215 cm³/mol. The maximum Gasteiger partial charge on any atom is 0.312 e. The molecule has 0 aliphatic carbocycles. The molecule has 0 unspecified atom stereocenters. The summed E-state index contributed by atoms with van der Waals surface area (Å²) in [5.41, 5.74) is -0.120. The van der Waals surface area contributed by atoms with Crippen molar-refractivity contribution in [3.63, 3.8) is 0 Å². The summed E-state index contributed by atoms with van der Waals surface area (Å²) >= 11 is 0. The number of amides is 1. The number of esters is 1. The van der Waals surface area contributed by atoms with Gasteiger partial charge in [0.1, 0.15) is 23.4 Å². The number of methoxy groups -OCH3 is 1. The summed E-state index contributed by atoms with van der Waals surface area (Å²) in [6.07, 6.45) is 7.65. The zero-order valence-electron chi connectivity index (χ0n) is 33.9. The number of aliphatic hydroxyl groups excluding tert-OH is 2. The molecule has 58 heavy (non-hydrogen) atoms. The highest BCUT2D eigenvalue weighted by atomic mass is 16.7. The number of phenols is 3. The van der Waals surface area contributed by atoms with Crippen LogP contribution in [0.1, 0.15) is 70.0 Å². The van der Waals surface area contributed by atoms with Crippen molar-refractivity contribution in [1.29, 1.82) is 0 Å². The van der Waals surface area contributed by atoms with Gasteiger partial charge >= 0.3 is 11.8 Å². The number of aliphatic imine (C=N–C) groups is 1. The van der Waals surface area contributed by atoms with Crippen LogP contribution in [0.5, 0.6) is 23.0 Å². The first-order valence-electron chi connectivity index (χ1n) is 18.9. The SMILES string of the molecule is CO[C@H]1/C=C/O[C@@]2(C)Oc3c(C)c(O)c4c(O)c(c(C=Nc5ccncc5)c(O)c4c3C2=O)NC(=O)/C(C)=C\C=C\[C@H](C)[C@H](O)[C@@H](C)[C@@H](O)[C@@H](C)[C@H](OC(C)=O)[C@@H]1C. The van der Waals surface area contributed by atoms with Gasteiger partial charge in [0, 0.05) is 79.8 Å². The lowest BCUT2D eigenvalue weighted by molar-refractivity contribution is -0.160. The van der Waals surface area contributed by atoms with Crippen molar-refractivity contribution in [2.24, 2.45) is 28.7 Å². The van der Waals surface area contributed by atoms with Gasteiger partial charge < -0.3 is 49.8 Å². The van der Waals surface area contributed by atoms with Crippen molar-refractivity contribution in [2.75, 3.05) is 12.4 Å². The van der Waals surface area contributed by atoms with Gasteiger partial charge in [0.25, 0.3) is 11.7 Å². The van der Waals surface area contributed by atoms with Crippen molar-refractivity contribution < 1.29 is 58.9 Å². The van der Waals surface area contributed by atoms with E-state index in [2.05, 4.69) is 15.3 Å². The molecule has 6 rings (SSSR count). The van der Waals surface area contributed by atoms with Crippen molar-refractivity contribution in [2.45, 2.75) is 85.6 Å². The third-order valence-electron chi connectivity index (χ3n) is 11.0. The molecular formula is C43H51N3O12. The Morgan fingerprint density at radius 3 is 2.26 bits per heavy atom. The summed E-state index contributed by atoms with van der Waals surface area (Å²) in [7, 11) is 1.43. The second-order valence-corrected chi connectivity index (χ2v) is 15.1. The Morgan fingerprint density at radius 1 is 0.948 bits per heavy atom. The second kappa shape index (κ2) is 17.4. The van der Waals surface area contributed by atoms with Crippen molar-refractivity contribution >= 4 is 46.0 Å². The topological polar surface area (TPSA) is 227 Å². The van der Waals surface area contributed by atoms with E-state index in [1.165, 1.54) is 71.8 Å². The quantitative estimate of drug-likeness (QED) is 0.0783. The van der Waals surface area contributed by atoms with Gasteiger partial charge in [-0.15, -0.1) is 0 Å². The van der Waals surface area contributed by atoms with E-state index in [9.17, 15) is 39.9 Å². The van der Waals surface area contributed by atoms with E-state index in [4.69, 9.17) is 18.9 Å². The van der Waals surface area contributed by atoms with Crippen LogP contribution in [-0.4, -0.2) is 91.7 Å². The number of ketones is 1. The fraction of sp³-hybridized carbons (Fsp3) is 0.419. The minimum atomic E-state index is -2.06. The maximum absolute atomic E-state index is 14.4. The fourth-order valence-corrected chi connectivity index (χ4v) is 7.44. The predicted octanol–water partition coefficient (Wildman–Crippen LogP) is 5.90. The van der Waals surface area contributed by atoms with Gasteiger partial charge in [-0.1, -0.05) is 45.9 Å². The molecule has 3 aliphatic rings. The van der Waals surface area contributed by atoms with E-state index >= 15 is 0 Å². The molecule has 4 heterocycles. The van der Waals surface area contributed by atoms with Gasteiger partial charge in [-0.2, -0.15) is 0 Å². The Balaban J connectivity index is 1.73. The Hall–Kier alpha value is -5.77. The van der Waals surface area contributed by atoms with E-state index in [0.717, 1.165) is 0 Å². The Labute approximate surface area is 336 Å². The summed E-state index contributed by atoms with van der Waals surface area (Å²) < 4.78 is 23.5. The van der Waals surface area contributed by atoms with E-state index in [0.29, 0.717) is 5.69 Å². The average molecular weight is 802 g/mol. The molecule has 0 radical (unpaired) electrons. The molecule has 15 heteroatoms. The van der Waals surface area contributed by atoms with Crippen LogP contribution in [0, 0.1) is 30.6 Å². The number of fused-ring (bicyclic) bond motifs is 14. The number of anilines is 1. The van der Waals surface area contributed by atoms with Gasteiger partial charge in [0.05, 0.1) is 52.5 Å². The normalized spacial score (nSPS) is 30.4. The number of carbonyl (C=O) groups is 3. The molecule has 3 aromatic rings. The number of nitrogens with zero attached hydrogens (tertiary/aromatic N) is 2. The molecule has 310 valence electrons. The number of rotatable bonds is 4. The summed E-state index contributed by atoms with van der Waals surface area (Å²) in [6.45, 7) is 12.4. The lowest BCUT2D eigenvalue weighted by Crippen LogP contribution is -2.46. The minimum absolute atomic E-state index is 0.0368. The van der Waals surface area contributed by atoms with E-state index in [1.807, 2.05) is 0 Å². The van der Waals surface area contributed by atoms with Crippen LogP contribution in [0.15, 0.2) is 65.7 Å². The summed E-state index contributed by atoms with van der Waals surface area (Å²) in [5.74, 6) is -8.58. The standard InChI is InChI=1S/C43H51N3O12/c1-20-11-10-12-21(2)42(54)46-33-28(19-45-27-13-16-44-17-14-27)37(51)30-31(38(33)52)36(50)25(6)40-32(30)41(53)43(8,58-40)56-18-15-29(55-9)22(3)39(57-26(7)47)24(5)35(49)23(4)34(20)48/h10-20,22-24,29,34-35,39,48-52H,1-9H3,(H,46,54)/b11-10+,18-15+,21-12-,45-19?/t20-,22+,23+,24+,29-,34-,35+,39+,43-/m0/s1. The number of aromatic hydroxyl groups is 3. The largest absolute Gasteiger partial charge is 0.507 e. The Bertz CT molecular complexity index is 2200. The van der Waals surface area contributed by atoms with E-state index in [-0.39, 0.29) is 44.5 Å². The highest BCUT2D eigenvalue weighted by Gasteiger charge is 2.50. The van der Waals surface area contributed by atoms with E-state index < -0.39 is 88.8 Å². The fourth-order valence-electron chi connectivity index (χ4n) is 7.44. The molecule has 1 aromatic heterocycles. The first kappa shape index (κ1) is 43.4. The lowest BCUT2D eigenvalue weighted by atomic mass is 9.78. The van der Waals surface area contributed by atoms with Gasteiger partial charge in [0.2, 0.25) is 0 Å². The van der Waals surface area contributed by atoms with Gasteiger partial charge in [-0.05, 0) is 32.1 Å². The molecule has 5 bridgehead atoms. The summed E-state index contributed by atoms with van der Waals surface area (Å²) in [5, 5.41) is 60.2. The molecule has 0 spiro atoms. The molecule has 0 saturated heterocycles. The summed E-state index contributed by atoms with van der Waals surface area (Å²) in [4.78, 5) is 48.7. The average Bonchev–Trinajstić information content (AvgIpc) is 3.46. The number of hydrogen-bond acceptors (Lipinski definition) is 14.